The van der Waals surface area contributed by atoms with Gasteiger partial charge in [-0.05, 0) is 19.3 Å². The van der Waals surface area contributed by atoms with Crippen LogP contribution in [-0.2, 0) is 0 Å². The van der Waals surface area contributed by atoms with Crippen molar-refractivity contribution in [1.29, 1.82) is 0 Å². The van der Waals surface area contributed by atoms with Crippen LogP contribution in [0.2, 0.25) is 0 Å². The van der Waals surface area contributed by atoms with E-state index in [1.807, 2.05) is 0 Å². The van der Waals surface area contributed by atoms with E-state index in [0.717, 1.165) is 18.5 Å². The molecule has 0 unspecified atom stereocenters. The lowest BCUT2D eigenvalue weighted by Crippen LogP contribution is -2.48. The zero-order chi connectivity index (χ0) is 23.3. The molecule has 1 aliphatic heterocycles. The highest BCUT2D eigenvalue weighted by Crippen LogP contribution is 2.43. The molecule has 2 atom stereocenters. The summed E-state index contributed by atoms with van der Waals surface area (Å²) in [7, 11) is 1.53. The predicted octanol–water partition coefficient (Wildman–Crippen LogP) is 3.91. The maximum Gasteiger partial charge on any atom is 0.393 e. The number of alkyl halides is 3. The average molecular weight is 468 g/mol. The van der Waals surface area contributed by atoms with Crippen molar-refractivity contribution >= 4 is 11.5 Å². The lowest BCUT2D eigenvalue weighted by atomic mass is 9.95. The molecule has 1 saturated heterocycles. The number of pyridine rings is 1. The Hall–Kier alpha value is -3.02. The first-order valence-corrected chi connectivity index (χ1v) is 10.6. The van der Waals surface area contributed by atoms with Crippen LogP contribution in [0.3, 0.4) is 0 Å². The number of halogens is 5. The van der Waals surface area contributed by atoms with Crippen molar-refractivity contribution in [3.05, 3.63) is 35.7 Å². The third-order valence-corrected chi connectivity index (χ3v) is 6.00. The van der Waals surface area contributed by atoms with E-state index < -0.39 is 29.8 Å². The summed E-state index contributed by atoms with van der Waals surface area (Å²) in [6, 6.07) is 1.62. The van der Waals surface area contributed by atoms with Crippen LogP contribution in [0, 0.1) is 17.6 Å². The molecule has 33 heavy (non-hydrogen) atoms. The molecule has 0 spiro atoms. The Morgan fingerprint density at radius 1 is 1.15 bits per heavy atom. The molecule has 4 heterocycles. The SMILES string of the molecule is COc1cc2ncc(-c3nc(N[C@H]4CNC[C@H](C(F)(F)F)C4)c(F)cc3F)n2nc1C1CC1. The Kier molecular flexibility index (Phi) is 5.34. The molecule has 2 N–H and O–H groups in total. The topological polar surface area (TPSA) is 76.4 Å². The minimum absolute atomic E-state index is 0.197. The van der Waals surface area contributed by atoms with Crippen LogP contribution in [-0.4, -0.2) is 52.0 Å². The predicted molar refractivity (Wildman–Crippen MR) is 109 cm³/mol. The van der Waals surface area contributed by atoms with E-state index in [1.165, 1.54) is 17.8 Å². The van der Waals surface area contributed by atoms with Gasteiger partial charge in [0, 0.05) is 37.2 Å². The van der Waals surface area contributed by atoms with E-state index in [9.17, 15) is 22.0 Å². The molecule has 3 aromatic rings. The third kappa shape index (κ3) is 4.19. The summed E-state index contributed by atoms with van der Waals surface area (Å²) in [5.74, 6) is -2.99. The van der Waals surface area contributed by atoms with Crippen LogP contribution in [0.15, 0.2) is 18.3 Å². The van der Waals surface area contributed by atoms with Gasteiger partial charge in [0.05, 0.1) is 19.2 Å². The molecule has 0 bridgehead atoms. The number of ether oxygens (including phenoxy) is 1. The van der Waals surface area contributed by atoms with Gasteiger partial charge in [0.1, 0.15) is 22.8 Å². The highest BCUT2D eigenvalue weighted by molar-refractivity contribution is 5.63. The second-order valence-corrected chi connectivity index (χ2v) is 8.41. The molecule has 3 aromatic heterocycles. The normalized spacial score (nSPS) is 21.4. The highest BCUT2D eigenvalue weighted by Gasteiger charge is 2.42. The molecule has 0 aromatic carbocycles. The van der Waals surface area contributed by atoms with Crippen LogP contribution >= 0.6 is 0 Å². The van der Waals surface area contributed by atoms with Gasteiger partial charge in [0.2, 0.25) is 0 Å². The van der Waals surface area contributed by atoms with Gasteiger partial charge in [0.25, 0.3) is 0 Å². The summed E-state index contributed by atoms with van der Waals surface area (Å²) in [6.07, 6.45) is -1.32. The quantitative estimate of drug-likeness (QED) is 0.553. The van der Waals surface area contributed by atoms with Gasteiger partial charge in [-0.1, -0.05) is 0 Å². The van der Waals surface area contributed by atoms with E-state index >= 15 is 0 Å². The second-order valence-electron chi connectivity index (χ2n) is 8.41. The summed E-state index contributed by atoms with van der Waals surface area (Å²) in [5.41, 5.74) is 1.11. The number of methoxy groups -OCH3 is 1. The molecule has 12 heteroatoms. The Morgan fingerprint density at radius 3 is 2.64 bits per heavy atom. The molecule has 0 amide bonds. The van der Waals surface area contributed by atoms with E-state index in [1.54, 1.807) is 6.07 Å². The maximum atomic E-state index is 14.8. The summed E-state index contributed by atoms with van der Waals surface area (Å²) < 4.78 is 75.4. The molecular formula is C21H21F5N6O. The maximum absolute atomic E-state index is 14.8. The van der Waals surface area contributed by atoms with Crippen LogP contribution < -0.4 is 15.4 Å². The monoisotopic (exact) mass is 468 g/mol. The number of fused-ring (bicyclic) bond motifs is 1. The van der Waals surface area contributed by atoms with E-state index in [4.69, 9.17) is 4.74 Å². The van der Waals surface area contributed by atoms with Crippen LogP contribution in [0.5, 0.6) is 5.75 Å². The molecule has 176 valence electrons. The Bertz CT molecular complexity index is 1190. The van der Waals surface area contributed by atoms with Gasteiger partial charge in [-0.3, -0.25) is 0 Å². The van der Waals surface area contributed by atoms with Crippen molar-refractivity contribution in [2.75, 3.05) is 25.5 Å². The summed E-state index contributed by atoms with van der Waals surface area (Å²) in [5, 5.41) is 9.96. The molecule has 5 rings (SSSR count). The minimum atomic E-state index is -4.37. The van der Waals surface area contributed by atoms with E-state index in [-0.39, 0.29) is 42.6 Å². The zero-order valence-electron chi connectivity index (χ0n) is 17.6. The van der Waals surface area contributed by atoms with Crippen molar-refractivity contribution in [1.82, 2.24) is 24.9 Å². The van der Waals surface area contributed by atoms with Crippen molar-refractivity contribution in [3.8, 4) is 17.1 Å². The molecule has 2 fully saturated rings. The van der Waals surface area contributed by atoms with E-state index in [2.05, 4.69) is 25.7 Å². The molecule has 2 aliphatic rings. The molecule has 1 saturated carbocycles. The first-order valence-electron chi connectivity index (χ1n) is 10.6. The standard InChI is InChI=1S/C21H21F5N6O/c1-33-16-6-17-28-9-15(32(17)31-18(16)10-2-3-10)19-13(22)5-14(23)20(30-19)29-12-4-11(7-27-8-12)21(24,25)26/h5-6,9-12,27H,2-4,7-8H2,1H3,(H,29,30)/t11-,12-/m1/s1. The Labute approximate surface area is 185 Å². The smallest absolute Gasteiger partial charge is 0.393 e. The number of aromatic nitrogens is 4. The fraction of sp³-hybridized carbons (Fsp3) is 0.476. The van der Waals surface area contributed by atoms with Crippen LogP contribution in [0.1, 0.15) is 30.9 Å². The number of anilines is 1. The summed E-state index contributed by atoms with van der Waals surface area (Å²) in [4.78, 5) is 8.31. The third-order valence-electron chi connectivity index (χ3n) is 6.00. The van der Waals surface area contributed by atoms with Crippen LogP contribution in [0.4, 0.5) is 27.8 Å². The van der Waals surface area contributed by atoms with Gasteiger partial charge in [0.15, 0.2) is 23.1 Å². The number of nitrogens with one attached hydrogen (secondary N) is 2. The molecule has 1 aliphatic carbocycles. The number of hydrogen-bond donors (Lipinski definition) is 2. The summed E-state index contributed by atoms with van der Waals surface area (Å²) in [6.45, 7) is -0.00530. The summed E-state index contributed by atoms with van der Waals surface area (Å²) >= 11 is 0. The fourth-order valence-electron chi connectivity index (χ4n) is 4.12. The molecule has 0 radical (unpaired) electrons. The second kappa shape index (κ2) is 8.08. The Morgan fingerprint density at radius 2 is 1.94 bits per heavy atom. The average Bonchev–Trinajstić information content (AvgIpc) is 3.54. The van der Waals surface area contributed by atoms with Crippen LogP contribution in [0.25, 0.3) is 17.0 Å². The number of piperidine rings is 1. The fourth-order valence-corrected chi connectivity index (χ4v) is 4.12. The van der Waals surface area contributed by atoms with Crippen molar-refractivity contribution in [2.45, 2.75) is 37.4 Å². The van der Waals surface area contributed by atoms with Gasteiger partial charge in [-0.2, -0.15) is 18.3 Å². The van der Waals surface area contributed by atoms with Crippen molar-refractivity contribution in [3.63, 3.8) is 0 Å². The number of nitrogens with zero attached hydrogens (tertiary/aromatic N) is 4. The first kappa shape index (κ1) is 21.8. The largest absolute Gasteiger partial charge is 0.495 e. The van der Waals surface area contributed by atoms with Gasteiger partial charge >= 0.3 is 6.18 Å². The number of hydrogen-bond acceptors (Lipinski definition) is 6. The first-order chi connectivity index (χ1) is 15.7. The van der Waals surface area contributed by atoms with Gasteiger partial charge in [-0.15, -0.1) is 0 Å². The molecule has 7 nitrogen and oxygen atoms in total. The lowest BCUT2D eigenvalue weighted by Gasteiger charge is -2.32. The lowest BCUT2D eigenvalue weighted by molar-refractivity contribution is -0.178. The molecular weight excluding hydrogens is 447 g/mol. The van der Waals surface area contributed by atoms with E-state index in [0.29, 0.717) is 17.5 Å². The number of imidazole rings is 1. The van der Waals surface area contributed by atoms with Gasteiger partial charge in [-0.25, -0.2) is 23.3 Å². The zero-order valence-corrected chi connectivity index (χ0v) is 17.6. The van der Waals surface area contributed by atoms with Crippen molar-refractivity contribution in [2.24, 2.45) is 5.92 Å². The van der Waals surface area contributed by atoms with Crippen molar-refractivity contribution < 1.29 is 26.7 Å². The van der Waals surface area contributed by atoms with Gasteiger partial charge < -0.3 is 15.4 Å². The highest BCUT2D eigenvalue weighted by atomic mass is 19.4. The number of rotatable bonds is 5. The minimum Gasteiger partial charge on any atom is -0.495 e. The Balaban J connectivity index is 1.49.